The Morgan fingerprint density at radius 2 is 2.14 bits per heavy atom. The molecule has 0 amide bonds. The van der Waals surface area contributed by atoms with Gasteiger partial charge in [-0.25, -0.2) is 4.79 Å². The summed E-state index contributed by atoms with van der Waals surface area (Å²) in [5.41, 5.74) is 0.169. The first kappa shape index (κ1) is 9.30. The van der Waals surface area contributed by atoms with Crippen LogP contribution in [0.1, 0.15) is 0 Å². The quantitative estimate of drug-likeness (QED) is 0.464. The molecule has 0 saturated carbocycles. The average molecular weight is 208 g/mol. The molecule has 0 spiro atoms. The number of hydrogen-bond acceptors (Lipinski definition) is 4. The van der Waals surface area contributed by atoms with Crippen molar-refractivity contribution in [3.05, 3.63) is 40.8 Å². The van der Waals surface area contributed by atoms with E-state index in [1.54, 1.807) is 12.1 Å². The van der Waals surface area contributed by atoms with Crippen molar-refractivity contribution in [2.75, 3.05) is 5.94 Å². The minimum absolute atomic E-state index is 0.122. The third kappa shape index (κ3) is 1.66. The van der Waals surface area contributed by atoms with Crippen molar-refractivity contribution in [1.29, 1.82) is 0 Å². The second-order valence-electron chi connectivity index (χ2n) is 2.71. The van der Waals surface area contributed by atoms with E-state index in [4.69, 9.17) is 9.52 Å². The molecule has 0 saturated heterocycles. The Balaban J connectivity index is 2.65. The Labute approximate surface area is 84.4 Å². The summed E-state index contributed by atoms with van der Waals surface area (Å²) >= 11 is 1.07. The van der Waals surface area contributed by atoms with Gasteiger partial charge < -0.3 is 9.52 Å². The van der Waals surface area contributed by atoms with Gasteiger partial charge in [-0.3, -0.25) is 0 Å². The van der Waals surface area contributed by atoms with Crippen LogP contribution in [0.2, 0.25) is 0 Å². The maximum atomic E-state index is 11.3. The van der Waals surface area contributed by atoms with E-state index in [2.05, 4.69) is 0 Å². The van der Waals surface area contributed by atoms with Crippen molar-refractivity contribution in [1.82, 2.24) is 0 Å². The van der Waals surface area contributed by atoms with Crippen LogP contribution < -0.4 is 5.63 Å². The number of aliphatic hydroxyl groups is 1. The SMILES string of the molecule is O=c1oc2ccccc2cc1SCO. The lowest BCUT2D eigenvalue weighted by atomic mass is 10.2. The van der Waals surface area contributed by atoms with E-state index in [1.165, 1.54) is 0 Å². The Hall–Kier alpha value is -1.26. The lowest BCUT2D eigenvalue weighted by molar-refractivity contribution is 0.375. The van der Waals surface area contributed by atoms with Gasteiger partial charge in [0.05, 0.1) is 10.8 Å². The number of aliphatic hydroxyl groups excluding tert-OH is 1. The summed E-state index contributed by atoms with van der Waals surface area (Å²) in [6.07, 6.45) is 0. The average Bonchev–Trinajstić information content (AvgIpc) is 2.19. The third-order valence-corrected chi connectivity index (χ3v) is 2.55. The lowest BCUT2D eigenvalue weighted by Crippen LogP contribution is -2.01. The fourth-order valence-corrected chi connectivity index (χ4v) is 1.72. The van der Waals surface area contributed by atoms with Crippen molar-refractivity contribution in [2.24, 2.45) is 0 Å². The van der Waals surface area contributed by atoms with E-state index in [0.29, 0.717) is 10.5 Å². The molecule has 3 nitrogen and oxygen atoms in total. The van der Waals surface area contributed by atoms with Gasteiger partial charge in [-0.1, -0.05) is 30.0 Å². The fraction of sp³-hybridized carbons (Fsp3) is 0.100. The molecule has 0 unspecified atom stereocenters. The van der Waals surface area contributed by atoms with Crippen molar-refractivity contribution in [2.45, 2.75) is 4.90 Å². The minimum atomic E-state index is -0.400. The molecule has 0 aliphatic carbocycles. The summed E-state index contributed by atoms with van der Waals surface area (Å²) in [5.74, 6) is -0.122. The molecule has 2 rings (SSSR count). The molecule has 0 aliphatic rings. The Kier molecular flexibility index (Phi) is 2.56. The molecule has 1 aromatic carbocycles. The fourth-order valence-electron chi connectivity index (χ4n) is 1.21. The van der Waals surface area contributed by atoms with Gasteiger partial charge in [0.15, 0.2) is 0 Å². The van der Waals surface area contributed by atoms with Crippen LogP contribution in [-0.2, 0) is 0 Å². The standard InChI is InChI=1S/C10H8O3S/c11-6-14-9-5-7-3-1-2-4-8(7)13-10(9)12/h1-5,11H,6H2. The predicted molar refractivity (Wildman–Crippen MR) is 55.4 cm³/mol. The molecule has 1 N–H and O–H groups in total. The molecule has 0 bridgehead atoms. The van der Waals surface area contributed by atoms with E-state index in [0.717, 1.165) is 17.1 Å². The topological polar surface area (TPSA) is 50.4 Å². The van der Waals surface area contributed by atoms with Crippen LogP contribution in [0.25, 0.3) is 11.0 Å². The van der Waals surface area contributed by atoms with Crippen LogP contribution in [0, 0.1) is 0 Å². The zero-order chi connectivity index (χ0) is 9.97. The molecular weight excluding hydrogens is 200 g/mol. The molecule has 1 heterocycles. The van der Waals surface area contributed by atoms with Gasteiger partial charge in [0, 0.05) is 5.39 Å². The molecule has 0 aliphatic heterocycles. The van der Waals surface area contributed by atoms with Gasteiger partial charge >= 0.3 is 5.63 Å². The van der Waals surface area contributed by atoms with Crippen LogP contribution in [-0.4, -0.2) is 11.0 Å². The molecule has 14 heavy (non-hydrogen) atoms. The van der Waals surface area contributed by atoms with Gasteiger partial charge in [0.2, 0.25) is 0 Å². The van der Waals surface area contributed by atoms with Crippen molar-refractivity contribution >= 4 is 22.7 Å². The Morgan fingerprint density at radius 3 is 2.93 bits per heavy atom. The van der Waals surface area contributed by atoms with Crippen molar-refractivity contribution < 1.29 is 9.52 Å². The third-order valence-electron chi connectivity index (χ3n) is 1.83. The Morgan fingerprint density at radius 1 is 1.36 bits per heavy atom. The molecule has 72 valence electrons. The van der Waals surface area contributed by atoms with Gasteiger partial charge in [0.25, 0.3) is 0 Å². The van der Waals surface area contributed by atoms with Gasteiger partial charge in [-0.2, -0.15) is 0 Å². The summed E-state index contributed by atoms with van der Waals surface area (Å²) in [5, 5.41) is 9.56. The normalized spacial score (nSPS) is 10.6. The number of thioether (sulfide) groups is 1. The summed E-state index contributed by atoms with van der Waals surface area (Å²) in [6, 6.07) is 9.01. The lowest BCUT2D eigenvalue weighted by Gasteiger charge is -1.98. The monoisotopic (exact) mass is 208 g/mol. The molecule has 0 atom stereocenters. The second kappa shape index (κ2) is 3.86. The molecule has 0 fully saturated rings. The van der Waals surface area contributed by atoms with Gasteiger partial charge in [0.1, 0.15) is 5.58 Å². The highest BCUT2D eigenvalue weighted by molar-refractivity contribution is 7.99. The van der Waals surface area contributed by atoms with E-state index >= 15 is 0 Å². The highest BCUT2D eigenvalue weighted by Crippen LogP contribution is 2.18. The summed E-state index contributed by atoms with van der Waals surface area (Å²) in [7, 11) is 0. The highest BCUT2D eigenvalue weighted by atomic mass is 32.2. The van der Waals surface area contributed by atoms with E-state index in [-0.39, 0.29) is 5.94 Å². The van der Waals surface area contributed by atoms with Crippen LogP contribution in [0.4, 0.5) is 0 Å². The number of hydrogen-bond donors (Lipinski definition) is 1. The summed E-state index contributed by atoms with van der Waals surface area (Å²) in [6.45, 7) is 0. The molecular formula is C10H8O3S. The van der Waals surface area contributed by atoms with E-state index in [9.17, 15) is 4.79 Å². The summed E-state index contributed by atoms with van der Waals surface area (Å²) < 4.78 is 5.06. The van der Waals surface area contributed by atoms with Gasteiger partial charge in [-0.05, 0) is 12.1 Å². The maximum absolute atomic E-state index is 11.3. The zero-order valence-electron chi connectivity index (χ0n) is 7.27. The first-order valence-corrected chi connectivity index (χ1v) is 5.06. The number of rotatable bonds is 2. The van der Waals surface area contributed by atoms with Gasteiger partial charge in [-0.15, -0.1) is 0 Å². The number of fused-ring (bicyclic) bond motifs is 1. The van der Waals surface area contributed by atoms with E-state index in [1.807, 2.05) is 18.2 Å². The Bertz CT molecular complexity index is 504. The number of benzene rings is 1. The van der Waals surface area contributed by atoms with E-state index < -0.39 is 5.63 Å². The van der Waals surface area contributed by atoms with Crippen LogP contribution in [0.15, 0.2) is 44.4 Å². The number of para-hydroxylation sites is 1. The van der Waals surface area contributed by atoms with Crippen LogP contribution >= 0.6 is 11.8 Å². The second-order valence-corrected chi connectivity index (χ2v) is 3.70. The minimum Gasteiger partial charge on any atom is -0.422 e. The van der Waals surface area contributed by atoms with Crippen LogP contribution in [0.5, 0.6) is 0 Å². The molecule has 1 aromatic heterocycles. The first-order valence-electron chi connectivity index (χ1n) is 4.08. The molecule has 0 radical (unpaired) electrons. The van der Waals surface area contributed by atoms with Crippen molar-refractivity contribution in [3.8, 4) is 0 Å². The van der Waals surface area contributed by atoms with Crippen molar-refractivity contribution in [3.63, 3.8) is 0 Å². The smallest absolute Gasteiger partial charge is 0.350 e. The molecule has 4 heteroatoms. The van der Waals surface area contributed by atoms with Crippen LogP contribution in [0.3, 0.4) is 0 Å². The first-order chi connectivity index (χ1) is 6.81. The molecule has 2 aromatic rings. The summed E-state index contributed by atoms with van der Waals surface area (Å²) in [4.78, 5) is 11.8. The zero-order valence-corrected chi connectivity index (χ0v) is 8.08. The highest BCUT2D eigenvalue weighted by Gasteiger charge is 2.03. The predicted octanol–water partition coefficient (Wildman–Crippen LogP) is 1.83. The largest absolute Gasteiger partial charge is 0.422 e. The maximum Gasteiger partial charge on any atom is 0.350 e.